The first-order valence-corrected chi connectivity index (χ1v) is 12.0. The molecule has 4 heterocycles. The Bertz CT molecular complexity index is 1800. The van der Waals surface area contributed by atoms with Crippen molar-refractivity contribution in [2.45, 2.75) is 12.8 Å². The number of imidazole rings is 1. The molecule has 1 aliphatic rings. The number of hydrogen-bond donors (Lipinski definition) is 3. The molecule has 37 heavy (non-hydrogen) atoms. The zero-order valence-corrected chi connectivity index (χ0v) is 19.5. The molecule has 0 unspecified atom stereocenters. The molecule has 3 N–H and O–H groups in total. The van der Waals surface area contributed by atoms with Crippen molar-refractivity contribution in [3.05, 3.63) is 79.0 Å². The van der Waals surface area contributed by atoms with E-state index in [2.05, 4.69) is 30.5 Å². The monoisotopic (exact) mass is 489 g/mol. The summed E-state index contributed by atoms with van der Waals surface area (Å²) in [5.74, 6) is 0.489. The van der Waals surface area contributed by atoms with Gasteiger partial charge in [0.1, 0.15) is 11.5 Å². The fraction of sp³-hybridized carbons (Fsp3) is 0.107. The smallest absolute Gasteiger partial charge is 0.227 e. The lowest BCUT2D eigenvalue weighted by Gasteiger charge is -2.06. The van der Waals surface area contributed by atoms with Crippen molar-refractivity contribution >= 4 is 33.7 Å². The lowest BCUT2D eigenvalue weighted by Crippen LogP contribution is -2.13. The minimum atomic E-state index is -0.281. The van der Waals surface area contributed by atoms with E-state index < -0.39 is 0 Å². The minimum absolute atomic E-state index is 0.0366. The molecule has 1 fully saturated rings. The summed E-state index contributed by atoms with van der Waals surface area (Å²) >= 11 is 0. The maximum absolute atomic E-state index is 13.5. The molecule has 0 aliphatic heterocycles. The molecule has 2 aromatic carbocycles. The number of aromatic nitrogens is 6. The minimum Gasteiger partial charge on any atom is -0.337 e. The van der Waals surface area contributed by atoms with Gasteiger partial charge in [0.05, 0.1) is 28.3 Å². The lowest BCUT2D eigenvalue weighted by molar-refractivity contribution is -0.117. The highest BCUT2D eigenvalue weighted by Crippen LogP contribution is 2.33. The van der Waals surface area contributed by atoms with E-state index in [0.29, 0.717) is 22.9 Å². The van der Waals surface area contributed by atoms with Crippen molar-refractivity contribution in [1.29, 1.82) is 0 Å². The topological polar surface area (TPSA) is 112 Å². The second-order valence-corrected chi connectivity index (χ2v) is 9.21. The number of nitrogens with one attached hydrogen (secondary N) is 3. The van der Waals surface area contributed by atoms with E-state index in [0.717, 1.165) is 51.5 Å². The summed E-state index contributed by atoms with van der Waals surface area (Å²) in [6.45, 7) is 0. The number of nitrogens with zero attached hydrogens (tertiary/aromatic N) is 4. The second kappa shape index (κ2) is 8.34. The Hall–Kier alpha value is -4.92. The summed E-state index contributed by atoms with van der Waals surface area (Å²) in [4.78, 5) is 29.3. The number of benzene rings is 2. The fourth-order valence-electron chi connectivity index (χ4n) is 4.51. The van der Waals surface area contributed by atoms with Crippen LogP contribution in [0.5, 0.6) is 0 Å². The molecular weight excluding hydrogens is 469 g/mol. The Kier molecular flexibility index (Phi) is 4.81. The van der Waals surface area contributed by atoms with Crippen LogP contribution in [0.4, 0.5) is 10.1 Å². The number of aromatic amines is 2. The number of para-hydroxylation sites is 1. The average Bonchev–Trinajstić information content (AvgIpc) is 3.55. The van der Waals surface area contributed by atoms with Gasteiger partial charge in [-0.25, -0.2) is 14.4 Å². The number of anilines is 1. The van der Waals surface area contributed by atoms with E-state index >= 15 is 0 Å². The van der Waals surface area contributed by atoms with E-state index in [1.165, 1.54) is 12.1 Å². The number of carbonyl (C=O) groups excluding carboxylic acids is 1. The van der Waals surface area contributed by atoms with Crippen molar-refractivity contribution in [2.75, 3.05) is 5.32 Å². The van der Waals surface area contributed by atoms with Crippen molar-refractivity contribution in [3.63, 3.8) is 0 Å². The molecular formula is C28H20FN7O. The second-order valence-electron chi connectivity index (χ2n) is 9.21. The van der Waals surface area contributed by atoms with Crippen molar-refractivity contribution in [1.82, 2.24) is 30.1 Å². The van der Waals surface area contributed by atoms with E-state index in [9.17, 15) is 9.18 Å². The molecule has 180 valence electrons. The normalized spacial score (nSPS) is 13.3. The maximum atomic E-state index is 13.5. The Morgan fingerprint density at radius 3 is 2.65 bits per heavy atom. The van der Waals surface area contributed by atoms with E-state index in [1.54, 1.807) is 30.7 Å². The van der Waals surface area contributed by atoms with Crippen LogP contribution in [0, 0.1) is 11.7 Å². The van der Waals surface area contributed by atoms with Gasteiger partial charge in [-0.3, -0.25) is 14.9 Å². The largest absolute Gasteiger partial charge is 0.337 e. The number of amides is 1. The predicted molar refractivity (Wildman–Crippen MR) is 139 cm³/mol. The molecule has 6 aromatic rings. The van der Waals surface area contributed by atoms with Crippen molar-refractivity contribution < 1.29 is 9.18 Å². The highest BCUT2D eigenvalue weighted by atomic mass is 19.1. The summed E-state index contributed by atoms with van der Waals surface area (Å²) in [6, 6.07) is 16.1. The molecule has 4 aromatic heterocycles. The van der Waals surface area contributed by atoms with Crippen LogP contribution in [-0.4, -0.2) is 36.0 Å². The maximum Gasteiger partial charge on any atom is 0.227 e. The number of rotatable bonds is 5. The number of carbonyl (C=O) groups is 1. The molecule has 9 heteroatoms. The van der Waals surface area contributed by atoms with E-state index in [4.69, 9.17) is 4.98 Å². The molecule has 0 saturated heterocycles. The van der Waals surface area contributed by atoms with Crippen LogP contribution in [0.2, 0.25) is 0 Å². The van der Waals surface area contributed by atoms with Gasteiger partial charge in [0.25, 0.3) is 0 Å². The van der Waals surface area contributed by atoms with Crippen LogP contribution in [0.1, 0.15) is 12.8 Å². The van der Waals surface area contributed by atoms with Gasteiger partial charge in [-0.05, 0) is 48.7 Å². The predicted octanol–water partition coefficient (Wildman–Crippen LogP) is 5.72. The van der Waals surface area contributed by atoms with Gasteiger partial charge in [-0.15, -0.1) is 0 Å². The zero-order chi connectivity index (χ0) is 24.9. The van der Waals surface area contributed by atoms with Gasteiger partial charge in [0.2, 0.25) is 5.91 Å². The Morgan fingerprint density at radius 2 is 1.81 bits per heavy atom. The average molecular weight is 490 g/mol. The van der Waals surface area contributed by atoms with Crippen LogP contribution in [0.15, 0.2) is 73.2 Å². The summed E-state index contributed by atoms with van der Waals surface area (Å²) in [5, 5.41) is 11.2. The third kappa shape index (κ3) is 3.90. The van der Waals surface area contributed by atoms with Crippen LogP contribution in [-0.2, 0) is 4.79 Å². The zero-order valence-electron chi connectivity index (χ0n) is 19.5. The lowest BCUT2D eigenvalue weighted by atomic mass is 10.0. The number of fused-ring (bicyclic) bond motifs is 2. The molecule has 1 amide bonds. The third-order valence-corrected chi connectivity index (χ3v) is 6.60. The summed E-state index contributed by atoms with van der Waals surface area (Å²) in [7, 11) is 0. The first-order chi connectivity index (χ1) is 18.1. The first-order valence-electron chi connectivity index (χ1n) is 12.0. The highest BCUT2D eigenvalue weighted by Gasteiger charge is 2.29. The van der Waals surface area contributed by atoms with Gasteiger partial charge in [0.15, 0.2) is 11.5 Å². The SMILES string of the molecule is O=C(Nc1cncc(-c2cnc3n[nH]c(-c4nc5c(-c6ccc(F)cc6)cccc5[nH]4)c3c2)c1)C1CC1. The summed E-state index contributed by atoms with van der Waals surface area (Å²) in [6.07, 6.45) is 7.01. The molecule has 0 bridgehead atoms. The van der Waals surface area contributed by atoms with Gasteiger partial charge in [0, 0.05) is 35.0 Å². The number of halogens is 1. The molecule has 0 spiro atoms. The van der Waals surface area contributed by atoms with Crippen LogP contribution in [0.25, 0.3) is 55.8 Å². The fourth-order valence-corrected chi connectivity index (χ4v) is 4.51. The quantitative estimate of drug-likeness (QED) is 0.287. The molecule has 0 radical (unpaired) electrons. The first kappa shape index (κ1) is 21.4. The summed E-state index contributed by atoms with van der Waals surface area (Å²) < 4.78 is 13.5. The third-order valence-electron chi connectivity index (χ3n) is 6.60. The van der Waals surface area contributed by atoms with E-state index in [-0.39, 0.29) is 17.6 Å². The Morgan fingerprint density at radius 1 is 0.973 bits per heavy atom. The van der Waals surface area contributed by atoms with Crippen LogP contribution < -0.4 is 5.32 Å². The standard InChI is InChI=1S/C28H20FN7O/c29-19-8-6-15(7-9-19)21-2-1-3-23-24(21)34-27(33-23)25-22-11-18(13-31-26(22)36-35-25)17-10-20(14-30-12-17)32-28(37)16-4-5-16/h1-3,6-14,16H,4-5H2,(H,32,37)(H,33,34)(H,31,35,36). The molecule has 1 saturated carbocycles. The van der Waals surface area contributed by atoms with Gasteiger partial charge in [-0.1, -0.05) is 24.3 Å². The number of hydrogen-bond acceptors (Lipinski definition) is 5. The Labute approximate surface area is 210 Å². The molecule has 0 atom stereocenters. The Balaban J connectivity index is 1.28. The number of H-pyrrole nitrogens is 2. The summed E-state index contributed by atoms with van der Waals surface area (Å²) in [5.41, 5.74) is 7.01. The van der Waals surface area contributed by atoms with E-state index in [1.807, 2.05) is 30.3 Å². The molecule has 7 rings (SSSR count). The molecule has 8 nitrogen and oxygen atoms in total. The number of pyridine rings is 2. The van der Waals surface area contributed by atoms with Crippen LogP contribution >= 0.6 is 0 Å². The molecule has 1 aliphatic carbocycles. The highest BCUT2D eigenvalue weighted by molar-refractivity contribution is 5.98. The van der Waals surface area contributed by atoms with Gasteiger partial charge in [-0.2, -0.15) is 5.10 Å². The van der Waals surface area contributed by atoms with Gasteiger partial charge < -0.3 is 10.3 Å². The van der Waals surface area contributed by atoms with Crippen LogP contribution in [0.3, 0.4) is 0 Å². The van der Waals surface area contributed by atoms with Crippen molar-refractivity contribution in [3.8, 4) is 33.8 Å². The van der Waals surface area contributed by atoms with Gasteiger partial charge >= 0.3 is 0 Å². The van der Waals surface area contributed by atoms with Crippen molar-refractivity contribution in [2.24, 2.45) is 5.92 Å².